The summed E-state index contributed by atoms with van der Waals surface area (Å²) in [5, 5.41) is 0. The molecule has 5 heteroatoms. The summed E-state index contributed by atoms with van der Waals surface area (Å²) in [7, 11) is 0. The van der Waals surface area contributed by atoms with Gasteiger partial charge in [0.25, 0.3) is 0 Å². The highest BCUT2D eigenvalue weighted by atomic mass is 19.4. The molecule has 0 N–H and O–H groups in total. The number of halogens is 4. The minimum atomic E-state index is -4.59. The fourth-order valence-corrected chi connectivity index (χ4v) is 2.59. The Hall–Kier alpha value is -2.17. The van der Waals surface area contributed by atoms with Crippen molar-refractivity contribution in [1.82, 2.24) is 0 Å². The van der Waals surface area contributed by atoms with E-state index in [1.807, 2.05) is 44.2 Å². The molecule has 1 atom stereocenters. The van der Waals surface area contributed by atoms with E-state index in [9.17, 15) is 17.6 Å². The molecule has 0 aliphatic carbocycles. The Kier molecular flexibility index (Phi) is 6.34. The van der Waals surface area contributed by atoms with Gasteiger partial charge < -0.3 is 0 Å². The topological polar surface area (TPSA) is 12.4 Å². The molecule has 1 nitrogen and oxygen atoms in total. The van der Waals surface area contributed by atoms with Crippen molar-refractivity contribution in [3.05, 3.63) is 71.0 Å². The minimum Gasteiger partial charge on any atom is -0.281 e. The molecule has 2 aromatic carbocycles. The first-order valence-corrected chi connectivity index (χ1v) is 8.31. The van der Waals surface area contributed by atoms with Crippen molar-refractivity contribution in [1.29, 1.82) is 0 Å². The maximum absolute atomic E-state index is 13.7. The van der Waals surface area contributed by atoms with Gasteiger partial charge in [0.15, 0.2) is 0 Å². The molecule has 0 aliphatic rings. The van der Waals surface area contributed by atoms with E-state index in [0.717, 1.165) is 30.5 Å². The van der Waals surface area contributed by atoms with E-state index >= 15 is 0 Å². The first-order valence-electron chi connectivity index (χ1n) is 8.31. The third-order valence-corrected chi connectivity index (χ3v) is 3.96. The second-order valence-corrected chi connectivity index (χ2v) is 5.99. The smallest absolute Gasteiger partial charge is 0.281 e. The monoisotopic (exact) mass is 351 g/mol. The molecule has 0 heterocycles. The lowest BCUT2D eigenvalue weighted by Crippen LogP contribution is -2.10. The van der Waals surface area contributed by atoms with Crippen molar-refractivity contribution in [2.75, 3.05) is 0 Å². The Balaban J connectivity index is 2.43. The van der Waals surface area contributed by atoms with E-state index in [-0.39, 0.29) is 11.6 Å². The maximum atomic E-state index is 13.7. The van der Waals surface area contributed by atoms with E-state index in [1.54, 1.807) is 0 Å². The van der Waals surface area contributed by atoms with Gasteiger partial charge in [-0.1, -0.05) is 43.7 Å². The van der Waals surface area contributed by atoms with Crippen LogP contribution in [0.2, 0.25) is 0 Å². The SMILES string of the molecule is CCCCC(=NC(C)c1ccccc1)c1cc(F)cc(C(F)(F)F)c1. The molecule has 0 bridgehead atoms. The van der Waals surface area contributed by atoms with Crippen LogP contribution in [-0.4, -0.2) is 5.71 Å². The first kappa shape index (κ1) is 19.2. The summed E-state index contributed by atoms with van der Waals surface area (Å²) in [6, 6.07) is 11.9. The van der Waals surface area contributed by atoms with Crippen molar-refractivity contribution >= 4 is 5.71 Å². The van der Waals surface area contributed by atoms with Crippen LogP contribution in [0, 0.1) is 5.82 Å². The van der Waals surface area contributed by atoms with Gasteiger partial charge in [0, 0.05) is 5.71 Å². The fourth-order valence-electron chi connectivity index (χ4n) is 2.59. The predicted octanol–water partition coefficient (Wildman–Crippen LogP) is 6.59. The highest BCUT2D eigenvalue weighted by Crippen LogP contribution is 2.31. The van der Waals surface area contributed by atoms with Crippen molar-refractivity contribution in [2.24, 2.45) is 4.99 Å². The van der Waals surface area contributed by atoms with Crippen molar-refractivity contribution in [3.8, 4) is 0 Å². The molecule has 1 unspecified atom stereocenters. The van der Waals surface area contributed by atoms with Gasteiger partial charge >= 0.3 is 6.18 Å². The Morgan fingerprint density at radius 3 is 2.36 bits per heavy atom. The Morgan fingerprint density at radius 2 is 1.76 bits per heavy atom. The van der Waals surface area contributed by atoms with Crippen LogP contribution in [0.5, 0.6) is 0 Å². The Morgan fingerprint density at radius 1 is 1.08 bits per heavy atom. The zero-order chi connectivity index (χ0) is 18.4. The van der Waals surface area contributed by atoms with Gasteiger partial charge in [-0.05, 0) is 49.1 Å². The average molecular weight is 351 g/mol. The lowest BCUT2D eigenvalue weighted by atomic mass is 10.0. The molecule has 0 saturated heterocycles. The minimum absolute atomic E-state index is 0.198. The van der Waals surface area contributed by atoms with Crippen LogP contribution < -0.4 is 0 Å². The van der Waals surface area contributed by atoms with E-state index in [4.69, 9.17) is 0 Å². The van der Waals surface area contributed by atoms with Crippen LogP contribution >= 0.6 is 0 Å². The molecule has 0 fully saturated rings. The van der Waals surface area contributed by atoms with Crippen LogP contribution in [-0.2, 0) is 6.18 Å². The van der Waals surface area contributed by atoms with Gasteiger partial charge in [-0.25, -0.2) is 4.39 Å². The van der Waals surface area contributed by atoms with E-state index in [2.05, 4.69) is 4.99 Å². The molecule has 0 aliphatic heterocycles. The number of rotatable bonds is 6. The van der Waals surface area contributed by atoms with E-state index in [0.29, 0.717) is 18.2 Å². The second-order valence-electron chi connectivity index (χ2n) is 5.99. The van der Waals surface area contributed by atoms with E-state index < -0.39 is 17.6 Å². The molecule has 25 heavy (non-hydrogen) atoms. The number of hydrogen-bond acceptors (Lipinski definition) is 1. The van der Waals surface area contributed by atoms with Gasteiger partial charge in [-0.3, -0.25) is 4.99 Å². The number of nitrogens with zero attached hydrogens (tertiary/aromatic N) is 1. The van der Waals surface area contributed by atoms with E-state index in [1.165, 1.54) is 0 Å². The summed E-state index contributed by atoms with van der Waals surface area (Å²) in [6.07, 6.45) is -2.43. The summed E-state index contributed by atoms with van der Waals surface area (Å²) in [5.74, 6) is -0.901. The third-order valence-electron chi connectivity index (χ3n) is 3.96. The van der Waals surface area contributed by atoms with Crippen molar-refractivity contribution < 1.29 is 17.6 Å². The maximum Gasteiger partial charge on any atom is 0.416 e. The number of hydrogen-bond donors (Lipinski definition) is 0. The van der Waals surface area contributed by atoms with Gasteiger partial charge in [-0.2, -0.15) is 13.2 Å². The molecular weight excluding hydrogens is 330 g/mol. The first-order chi connectivity index (χ1) is 11.8. The third kappa shape index (κ3) is 5.41. The highest BCUT2D eigenvalue weighted by Gasteiger charge is 2.31. The summed E-state index contributed by atoms with van der Waals surface area (Å²) in [4.78, 5) is 4.60. The second kappa shape index (κ2) is 8.28. The van der Waals surface area contributed by atoms with Crippen LogP contribution in [0.3, 0.4) is 0 Å². The number of aliphatic imine (C=N–C) groups is 1. The normalized spacial score (nSPS) is 13.8. The molecule has 0 saturated carbocycles. The van der Waals surface area contributed by atoms with Crippen LogP contribution in [0.4, 0.5) is 17.6 Å². The van der Waals surface area contributed by atoms with Crippen LogP contribution in [0.15, 0.2) is 53.5 Å². The fraction of sp³-hybridized carbons (Fsp3) is 0.350. The molecular formula is C20H21F4N. The lowest BCUT2D eigenvalue weighted by molar-refractivity contribution is -0.137. The molecule has 0 radical (unpaired) electrons. The number of benzene rings is 2. The van der Waals surface area contributed by atoms with Crippen molar-refractivity contribution in [2.45, 2.75) is 45.3 Å². The molecule has 0 spiro atoms. The zero-order valence-electron chi connectivity index (χ0n) is 14.3. The quantitative estimate of drug-likeness (QED) is 0.411. The van der Waals surface area contributed by atoms with Crippen LogP contribution in [0.1, 0.15) is 55.8 Å². The molecule has 2 rings (SSSR count). The Labute approximate surface area is 145 Å². The molecule has 134 valence electrons. The largest absolute Gasteiger partial charge is 0.416 e. The van der Waals surface area contributed by atoms with Gasteiger partial charge in [0.1, 0.15) is 5.82 Å². The molecule has 0 amide bonds. The highest BCUT2D eigenvalue weighted by molar-refractivity contribution is 6.00. The molecule has 0 aromatic heterocycles. The van der Waals surface area contributed by atoms with Crippen LogP contribution in [0.25, 0.3) is 0 Å². The summed E-state index contributed by atoms with van der Waals surface area (Å²) >= 11 is 0. The van der Waals surface area contributed by atoms with Gasteiger partial charge in [0.2, 0.25) is 0 Å². The van der Waals surface area contributed by atoms with Crippen molar-refractivity contribution in [3.63, 3.8) is 0 Å². The van der Waals surface area contributed by atoms with Gasteiger partial charge in [0.05, 0.1) is 11.6 Å². The lowest BCUT2D eigenvalue weighted by Gasteiger charge is -2.14. The molecule has 2 aromatic rings. The average Bonchev–Trinajstić information content (AvgIpc) is 2.57. The summed E-state index contributed by atoms with van der Waals surface area (Å²) < 4.78 is 52.7. The standard InChI is InChI=1S/C20H21F4N/c1-3-4-10-19(25-14(2)15-8-6-5-7-9-15)16-11-17(20(22,23)24)13-18(21)12-16/h5-9,11-14H,3-4,10H2,1-2H3. The summed E-state index contributed by atoms with van der Waals surface area (Å²) in [5.41, 5.74) is 0.676. The summed E-state index contributed by atoms with van der Waals surface area (Å²) in [6.45, 7) is 3.87. The Bertz CT molecular complexity index is 720. The van der Waals surface area contributed by atoms with Gasteiger partial charge in [-0.15, -0.1) is 0 Å². The number of unbranched alkanes of at least 4 members (excludes halogenated alkanes) is 1. The predicted molar refractivity (Wildman–Crippen MR) is 92.3 cm³/mol. The number of alkyl halides is 3. The zero-order valence-corrected chi connectivity index (χ0v) is 14.3.